The maximum atomic E-state index is 12.9. The zero-order valence-electron chi connectivity index (χ0n) is 14.8. The Kier molecular flexibility index (Phi) is 5.98. The molecule has 0 aliphatic carbocycles. The van der Waals surface area contributed by atoms with Gasteiger partial charge in [-0.15, -0.1) is 11.3 Å². The van der Waals surface area contributed by atoms with Gasteiger partial charge in [-0.3, -0.25) is 4.79 Å². The molecule has 0 unspecified atom stereocenters. The van der Waals surface area contributed by atoms with Gasteiger partial charge < -0.3 is 9.64 Å². The molecule has 0 aliphatic heterocycles. The number of rotatable bonds is 6. The predicted octanol–water partition coefficient (Wildman–Crippen LogP) is 4.13. The van der Waals surface area contributed by atoms with Gasteiger partial charge >= 0.3 is 5.97 Å². The van der Waals surface area contributed by atoms with Crippen LogP contribution in [-0.2, 0) is 16.1 Å². The number of nitrogens with zero attached hydrogens (tertiary/aromatic N) is 2. The van der Waals surface area contributed by atoms with E-state index in [9.17, 15) is 14.0 Å². The normalized spacial score (nSPS) is 10.6. The summed E-state index contributed by atoms with van der Waals surface area (Å²) < 4.78 is 18.1. The highest BCUT2D eigenvalue weighted by molar-refractivity contribution is 7.17. The molecule has 0 saturated carbocycles. The molecular formula is C19H17FN2O3S2. The number of ether oxygens (including phenoxy) is 1. The van der Waals surface area contributed by atoms with Crippen molar-refractivity contribution >= 4 is 34.6 Å². The highest BCUT2D eigenvalue weighted by Crippen LogP contribution is 2.29. The fraction of sp³-hybridized carbons (Fsp3) is 0.211. The van der Waals surface area contributed by atoms with E-state index in [1.54, 1.807) is 37.4 Å². The molecule has 1 aromatic carbocycles. The molecule has 0 spiro atoms. The van der Waals surface area contributed by atoms with Crippen LogP contribution in [-0.4, -0.2) is 35.4 Å². The summed E-state index contributed by atoms with van der Waals surface area (Å²) in [6.45, 7) is 1.69. The van der Waals surface area contributed by atoms with E-state index in [1.807, 2.05) is 16.8 Å². The Hall–Kier alpha value is -2.58. The van der Waals surface area contributed by atoms with Crippen LogP contribution < -0.4 is 0 Å². The van der Waals surface area contributed by atoms with E-state index in [4.69, 9.17) is 4.74 Å². The first-order valence-electron chi connectivity index (χ1n) is 8.09. The minimum Gasteiger partial charge on any atom is -0.451 e. The number of likely N-dealkylation sites (N-methyl/N-ethyl adjacent to an activating group) is 1. The lowest BCUT2D eigenvalue weighted by Crippen LogP contribution is -2.30. The Bertz CT molecular complexity index is 937. The average Bonchev–Trinajstić information content (AvgIpc) is 3.30. The Morgan fingerprint density at radius 3 is 2.63 bits per heavy atom. The molecule has 0 atom stereocenters. The third-order valence-electron chi connectivity index (χ3n) is 3.84. The van der Waals surface area contributed by atoms with E-state index >= 15 is 0 Å². The molecule has 8 heteroatoms. The van der Waals surface area contributed by atoms with Crippen molar-refractivity contribution in [3.63, 3.8) is 0 Å². The lowest BCUT2D eigenvalue weighted by atomic mass is 10.2. The minimum absolute atomic E-state index is 0.304. The van der Waals surface area contributed by atoms with Crippen LogP contribution in [0.2, 0.25) is 0 Å². The van der Waals surface area contributed by atoms with Gasteiger partial charge in [-0.2, -0.15) is 11.3 Å². The van der Waals surface area contributed by atoms with Crippen LogP contribution in [0.3, 0.4) is 0 Å². The van der Waals surface area contributed by atoms with E-state index in [0.717, 1.165) is 16.1 Å². The van der Waals surface area contributed by atoms with Crippen molar-refractivity contribution in [3.8, 4) is 10.6 Å². The Labute approximate surface area is 164 Å². The second-order valence-electron chi connectivity index (χ2n) is 5.90. The maximum absolute atomic E-state index is 12.9. The molecule has 0 bridgehead atoms. The number of carbonyl (C=O) groups excluding carboxylic acids is 2. The summed E-state index contributed by atoms with van der Waals surface area (Å²) in [5.74, 6) is -1.23. The molecule has 0 radical (unpaired) electrons. The number of amides is 1. The van der Waals surface area contributed by atoms with E-state index in [-0.39, 0.29) is 18.3 Å². The van der Waals surface area contributed by atoms with Gasteiger partial charge in [0.15, 0.2) is 6.61 Å². The van der Waals surface area contributed by atoms with E-state index in [0.29, 0.717) is 17.1 Å². The number of hydrogen-bond donors (Lipinski definition) is 0. The number of aryl methyl sites for hydroxylation is 1. The predicted molar refractivity (Wildman–Crippen MR) is 103 cm³/mol. The van der Waals surface area contributed by atoms with Crippen LogP contribution >= 0.6 is 22.7 Å². The fourth-order valence-electron chi connectivity index (χ4n) is 2.35. The highest BCUT2D eigenvalue weighted by Gasteiger charge is 2.20. The molecule has 2 aromatic heterocycles. The van der Waals surface area contributed by atoms with Crippen molar-refractivity contribution < 1.29 is 18.7 Å². The van der Waals surface area contributed by atoms with Gasteiger partial charge in [0.25, 0.3) is 5.91 Å². The molecule has 2 heterocycles. The van der Waals surface area contributed by atoms with Crippen LogP contribution in [0.1, 0.15) is 20.9 Å². The van der Waals surface area contributed by atoms with E-state index < -0.39 is 5.97 Å². The quantitative estimate of drug-likeness (QED) is 0.580. The summed E-state index contributed by atoms with van der Waals surface area (Å²) >= 11 is 2.81. The number of thiazole rings is 1. The first-order valence-corrected chi connectivity index (χ1v) is 9.85. The monoisotopic (exact) mass is 404 g/mol. The minimum atomic E-state index is -0.560. The number of halogens is 1. The summed E-state index contributed by atoms with van der Waals surface area (Å²) in [6.07, 6.45) is 0. The molecule has 1 amide bonds. The zero-order chi connectivity index (χ0) is 19.4. The van der Waals surface area contributed by atoms with Crippen LogP contribution in [0.5, 0.6) is 0 Å². The molecule has 0 fully saturated rings. The van der Waals surface area contributed by atoms with Crippen molar-refractivity contribution in [1.29, 1.82) is 0 Å². The third-order valence-corrected chi connectivity index (χ3v) is 5.71. The topological polar surface area (TPSA) is 59.5 Å². The molecule has 0 N–H and O–H groups in total. The standard InChI is InChI=1S/C19H17FN2O3S2/c1-12-17(27-18(21-12)14-7-8-26-11-14)19(24)25-10-16(23)22(2)9-13-3-5-15(20)6-4-13/h3-8,11H,9-10H2,1-2H3. The van der Waals surface area contributed by atoms with Crippen LogP contribution in [0.25, 0.3) is 10.6 Å². The second kappa shape index (κ2) is 8.41. The summed E-state index contributed by atoms with van der Waals surface area (Å²) in [7, 11) is 1.60. The summed E-state index contributed by atoms with van der Waals surface area (Å²) in [4.78, 5) is 30.7. The van der Waals surface area contributed by atoms with Gasteiger partial charge in [0.2, 0.25) is 0 Å². The SMILES string of the molecule is Cc1nc(-c2ccsc2)sc1C(=O)OCC(=O)N(C)Cc1ccc(F)cc1. The number of hydrogen-bond acceptors (Lipinski definition) is 6. The number of carbonyl (C=O) groups is 2. The Morgan fingerprint density at radius 2 is 1.96 bits per heavy atom. The first kappa shape index (κ1) is 19.2. The molecule has 3 aromatic rings. The number of esters is 1. The van der Waals surface area contributed by atoms with Gasteiger partial charge in [-0.05, 0) is 36.1 Å². The lowest BCUT2D eigenvalue weighted by Gasteiger charge is -2.17. The smallest absolute Gasteiger partial charge is 0.350 e. The van der Waals surface area contributed by atoms with Gasteiger partial charge in [0, 0.05) is 24.5 Å². The van der Waals surface area contributed by atoms with Crippen molar-refractivity contribution in [2.45, 2.75) is 13.5 Å². The van der Waals surface area contributed by atoms with Crippen molar-refractivity contribution in [2.24, 2.45) is 0 Å². The largest absolute Gasteiger partial charge is 0.451 e. The van der Waals surface area contributed by atoms with Crippen molar-refractivity contribution in [2.75, 3.05) is 13.7 Å². The third kappa shape index (κ3) is 4.78. The van der Waals surface area contributed by atoms with E-state index in [1.165, 1.54) is 28.4 Å². The Morgan fingerprint density at radius 1 is 1.22 bits per heavy atom. The second-order valence-corrected chi connectivity index (χ2v) is 7.68. The van der Waals surface area contributed by atoms with Crippen molar-refractivity contribution in [1.82, 2.24) is 9.88 Å². The van der Waals surface area contributed by atoms with Gasteiger partial charge in [-0.25, -0.2) is 14.2 Å². The fourth-order valence-corrected chi connectivity index (χ4v) is 4.02. The Balaban J connectivity index is 1.57. The van der Waals surface area contributed by atoms with Crippen molar-refractivity contribution in [3.05, 3.63) is 63.0 Å². The molecule has 0 saturated heterocycles. The van der Waals surface area contributed by atoms with E-state index in [2.05, 4.69) is 4.98 Å². The van der Waals surface area contributed by atoms with Gasteiger partial charge in [-0.1, -0.05) is 12.1 Å². The molecule has 5 nitrogen and oxygen atoms in total. The summed E-state index contributed by atoms with van der Waals surface area (Å²) in [5.41, 5.74) is 2.33. The first-order chi connectivity index (χ1) is 12.9. The molecule has 0 aliphatic rings. The number of aromatic nitrogens is 1. The van der Waals surface area contributed by atoms with Crippen LogP contribution in [0.4, 0.5) is 4.39 Å². The average molecular weight is 404 g/mol. The molecule has 27 heavy (non-hydrogen) atoms. The van der Waals surface area contributed by atoms with Gasteiger partial charge in [0.05, 0.1) is 5.69 Å². The number of benzene rings is 1. The molecule has 3 rings (SSSR count). The lowest BCUT2D eigenvalue weighted by molar-refractivity contribution is -0.133. The molecular weight excluding hydrogens is 387 g/mol. The van der Waals surface area contributed by atoms with Crippen LogP contribution in [0.15, 0.2) is 41.1 Å². The maximum Gasteiger partial charge on any atom is 0.350 e. The summed E-state index contributed by atoms with van der Waals surface area (Å²) in [5, 5.41) is 4.65. The zero-order valence-corrected chi connectivity index (χ0v) is 16.4. The summed E-state index contributed by atoms with van der Waals surface area (Å²) in [6, 6.07) is 7.83. The highest BCUT2D eigenvalue weighted by atomic mass is 32.1. The van der Waals surface area contributed by atoms with Crippen LogP contribution in [0, 0.1) is 12.7 Å². The number of thiophene rings is 1. The molecule has 140 valence electrons. The van der Waals surface area contributed by atoms with Gasteiger partial charge in [0.1, 0.15) is 15.7 Å².